The molecule has 0 aliphatic carbocycles. The van der Waals surface area contributed by atoms with E-state index in [4.69, 9.17) is 0 Å². The minimum absolute atomic E-state index is 0.0272. The first kappa shape index (κ1) is 20.0. The number of halogens is 2. The molecule has 0 bridgehead atoms. The van der Waals surface area contributed by atoms with Crippen LogP contribution in [0.2, 0.25) is 0 Å². The van der Waals surface area contributed by atoms with Crippen molar-refractivity contribution < 1.29 is 13.6 Å². The summed E-state index contributed by atoms with van der Waals surface area (Å²) in [5, 5.41) is 11.5. The fourth-order valence-electron chi connectivity index (χ4n) is 2.71. The van der Waals surface area contributed by atoms with Crippen LogP contribution < -0.4 is 5.32 Å². The van der Waals surface area contributed by atoms with Gasteiger partial charge in [0.05, 0.1) is 11.3 Å². The van der Waals surface area contributed by atoms with Gasteiger partial charge in [-0.2, -0.15) is 0 Å². The summed E-state index contributed by atoms with van der Waals surface area (Å²) in [5.41, 5.74) is 1.56. The van der Waals surface area contributed by atoms with Gasteiger partial charge in [0.15, 0.2) is 11.0 Å². The van der Waals surface area contributed by atoms with Crippen molar-refractivity contribution in [2.45, 2.75) is 32.0 Å². The zero-order chi connectivity index (χ0) is 20.3. The fraction of sp³-hybridized carbons (Fsp3) is 0.250. The Balaban J connectivity index is 1.77. The highest BCUT2D eigenvalue weighted by atomic mass is 32.2. The SMILES string of the molecule is Cc1ccc(F)cc1NC(=O)CSc1nnc(-c2ccccc2F)n1C(C)C. The topological polar surface area (TPSA) is 59.8 Å². The molecule has 0 radical (unpaired) electrons. The van der Waals surface area contributed by atoms with E-state index >= 15 is 0 Å². The molecular weight excluding hydrogens is 382 g/mol. The lowest BCUT2D eigenvalue weighted by atomic mass is 10.2. The zero-order valence-corrected chi connectivity index (χ0v) is 16.6. The molecule has 0 unspecified atom stereocenters. The van der Waals surface area contributed by atoms with Crippen molar-refractivity contribution in [3.63, 3.8) is 0 Å². The summed E-state index contributed by atoms with van der Waals surface area (Å²) in [5.74, 6) is -0.602. The lowest BCUT2D eigenvalue weighted by Gasteiger charge is -2.14. The van der Waals surface area contributed by atoms with E-state index in [0.717, 1.165) is 5.56 Å². The van der Waals surface area contributed by atoms with E-state index in [2.05, 4.69) is 15.5 Å². The van der Waals surface area contributed by atoms with Crippen LogP contribution in [-0.2, 0) is 4.79 Å². The standard InChI is InChI=1S/C20H20F2N4OS/c1-12(2)26-19(15-6-4-5-7-16(15)22)24-25-20(26)28-11-18(27)23-17-10-14(21)9-8-13(17)3/h4-10,12H,11H2,1-3H3,(H,23,27). The quantitative estimate of drug-likeness (QED) is 0.599. The average molecular weight is 402 g/mol. The molecule has 0 fully saturated rings. The van der Waals surface area contributed by atoms with Crippen LogP contribution in [-0.4, -0.2) is 26.4 Å². The van der Waals surface area contributed by atoms with Gasteiger partial charge in [-0.05, 0) is 50.6 Å². The highest BCUT2D eigenvalue weighted by molar-refractivity contribution is 7.99. The van der Waals surface area contributed by atoms with Crippen molar-refractivity contribution in [2.24, 2.45) is 0 Å². The van der Waals surface area contributed by atoms with Crippen molar-refractivity contribution in [1.29, 1.82) is 0 Å². The summed E-state index contributed by atoms with van der Waals surface area (Å²) in [6.45, 7) is 5.67. The Bertz CT molecular complexity index is 1000. The summed E-state index contributed by atoms with van der Waals surface area (Å²) >= 11 is 1.20. The average Bonchev–Trinajstić information content (AvgIpc) is 3.07. The normalized spacial score (nSPS) is 11.1. The Kier molecular flexibility index (Phi) is 6.08. The van der Waals surface area contributed by atoms with Crippen LogP contribution in [0.3, 0.4) is 0 Å². The number of hydrogen-bond donors (Lipinski definition) is 1. The Labute approximate surface area is 166 Å². The first-order valence-electron chi connectivity index (χ1n) is 8.75. The van der Waals surface area contributed by atoms with Crippen molar-refractivity contribution >= 4 is 23.4 Å². The molecule has 28 heavy (non-hydrogen) atoms. The zero-order valence-electron chi connectivity index (χ0n) is 15.7. The molecule has 0 saturated heterocycles. The van der Waals surface area contributed by atoms with Gasteiger partial charge in [-0.1, -0.05) is 30.0 Å². The third-order valence-electron chi connectivity index (χ3n) is 4.10. The Morgan fingerprint density at radius 1 is 1.18 bits per heavy atom. The molecule has 1 N–H and O–H groups in total. The second-order valence-corrected chi connectivity index (χ2v) is 7.49. The number of thioether (sulfide) groups is 1. The van der Waals surface area contributed by atoms with Crippen LogP contribution in [0.5, 0.6) is 0 Å². The molecule has 0 atom stereocenters. The van der Waals surface area contributed by atoms with Gasteiger partial charge in [-0.15, -0.1) is 10.2 Å². The number of carbonyl (C=O) groups excluding carboxylic acids is 1. The summed E-state index contributed by atoms with van der Waals surface area (Å²) < 4.78 is 29.3. The number of nitrogens with one attached hydrogen (secondary N) is 1. The summed E-state index contributed by atoms with van der Waals surface area (Å²) in [4.78, 5) is 12.3. The van der Waals surface area contributed by atoms with Crippen LogP contribution in [0, 0.1) is 18.6 Å². The Hall–Kier alpha value is -2.74. The molecule has 1 amide bonds. The van der Waals surface area contributed by atoms with Crippen molar-refractivity contribution in [3.05, 3.63) is 59.7 Å². The number of carbonyl (C=O) groups is 1. The maximum absolute atomic E-state index is 14.2. The molecule has 0 aliphatic rings. The number of hydrogen-bond acceptors (Lipinski definition) is 4. The molecule has 5 nitrogen and oxygen atoms in total. The van der Waals surface area contributed by atoms with E-state index in [1.807, 2.05) is 13.8 Å². The summed E-state index contributed by atoms with van der Waals surface area (Å²) in [6.07, 6.45) is 0. The number of nitrogens with zero attached hydrogens (tertiary/aromatic N) is 3. The number of aromatic nitrogens is 3. The second-order valence-electron chi connectivity index (χ2n) is 6.55. The van der Waals surface area contributed by atoms with Crippen LogP contribution in [0.4, 0.5) is 14.5 Å². The Morgan fingerprint density at radius 2 is 1.93 bits per heavy atom. The van der Waals surface area contributed by atoms with Gasteiger partial charge in [0, 0.05) is 11.7 Å². The Morgan fingerprint density at radius 3 is 2.64 bits per heavy atom. The van der Waals surface area contributed by atoms with Gasteiger partial charge in [0.2, 0.25) is 5.91 Å². The lowest BCUT2D eigenvalue weighted by molar-refractivity contribution is -0.113. The first-order chi connectivity index (χ1) is 13.4. The molecule has 2 aromatic carbocycles. The largest absolute Gasteiger partial charge is 0.325 e. The van der Waals surface area contributed by atoms with Gasteiger partial charge in [-0.25, -0.2) is 8.78 Å². The van der Waals surface area contributed by atoms with E-state index in [0.29, 0.717) is 22.2 Å². The van der Waals surface area contributed by atoms with Gasteiger partial charge in [0.25, 0.3) is 0 Å². The molecule has 1 aromatic heterocycles. The van der Waals surface area contributed by atoms with E-state index in [9.17, 15) is 13.6 Å². The molecule has 3 rings (SSSR count). The van der Waals surface area contributed by atoms with Crippen LogP contribution in [0.1, 0.15) is 25.5 Å². The predicted octanol–water partition coefficient (Wildman–Crippen LogP) is 4.84. The van der Waals surface area contributed by atoms with E-state index < -0.39 is 5.82 Å². The highest BCUT2D eigenvalue weighted by Gasteiger charge is 2.20. The van der Waals surface area contributed by atoms with Crippen LogP contribution >= 0.6 is 11.8 Å². The summed E-state index contributed by atoms with van der Waals surface area (Å²) in [6, 6.07) is 10.6. The molecule has 3 aromatic rings. The molecule has 8 heteroatoms. The lowest BCUT2D eigenvalue weighted by Crippen LogP contribution is -2.16. The maximum Gasteiger partial charge on any atom is 0.234 e. The molecule has 1 heterocycles. The second kappa shape index (κ2) is 8.52. The monoisotopic (exact) mass is 402 g/mol. The highest BCUT2D eigenvalue weighted by Crippen LogP contribution is 2.29. The third-order valence-corrected chi connectivity index (χ3v) is 5.04. The number of benzene rings is 2. The van der Waals surface area contributed by atoms with Crippen LogP contribution in [0.15, 0.2) is 47.6 Å². The molecule has 0 aliphatic heterocycles. The first-order valence-corrected chi connectivity index (χ1v) is 9.74. The van der Waals surface area contributed by atoms with Crippen LogP contribution in [0.25, 0.3) is 11.4 Å². The molecule has 146 valence electrons. The smallest absolute Gasteiger partial charge is 0.234 e. The molecule has 0 spiro atoms. The van der Waals surface area contributed by atoms with Gasteiger partial charge in [-0.3, -0.25) is 9.36 Å². The number of anilines is 1. The van der Waals surface area contributed by atoms with E-state index in [-0.39, 0.29) is 23.5 Å². The minimum atomic E-state index is -0.414. The maximum atomic E-state index is 14.2. The third kappa shape index (κ3) is 4.39. The van der Waals surface area contributed by atoms with Crippen molar-refractivity contribution in [3.8, 4) is 11.4 Å². The predicted molar refractivity (Wildman–Crippen MR) is 106 cm³/mol. The van der Waals surface area contributed by atoms with Gasteiger partial charge >= 0.3 is 0 Å². The number of amides is 1. The fourth-order valence-corrected chi connectivity index (χ4v) is 3.58. The van der Waals surface area contributed by atoms with E-state index in [1.165, 1.54) is 30.0 Å². The van der Waals surface area contributed by atoms with Crippen molar-refractivity contribution in [2.75, 3.05) is 11.1 Å². The summed E-state index contributed by atoms with van der Waals surface area (Å²) in [7, 11) is 0. The minimum Gasteiger partial charge on any atom is -0.325 e. The molecular formula is C20H20F2N4OS. The number of rotatable bonds is 6. The molecule has 0 saturated carbocycles. The number of aryl methyl sites for hydroxylation is 1. The van der Waals surface area contributed by atoms with Gasteiger partial charge in [0.1, 0.15) is 11.6 Å². The van der Waals surface area contributed by atoms with Crippen molar-refractivity contribution in [1.82, 2.24) is 14.8 Å². The van der Waals surface area contributed by atoms with Gasteiger partial charge < -0.3 is 5.32 Å². The van der Waals surface area contributed by atoms with E-state index in [1.54, 1.807) is 35.8 Å².